The molecule has 0 saturated heterocycles. The van der Waals surface area contributed by atoms with Gasteiger partial charge in [0.2, 0.25) is 0 Å². The van der Waals surface area contributed by atoms with Gasteiger partial charge in [-0.1, -0.05) is 25.5 Å². The molecule has 1 rings (SSSR count). The molecule has 0 radical (unpaired) electrons. The highest BCUT2D eigenvalue weighted by atomic mass is 19.1. The summed E-state index contributed by atoms with van der Waals surface area (Å²) in [5.74, 6) is -0.408. The molecule has 0 bridgehead atoms. The van der Waals surface area contributed by atoms with Crippen molar-refractivity contribution >= 4 is 0 Å². The second kappa shape index (κ2) is 5.79. The third kappa shape index (κ3) is 3.83. The number of halogens is 1. The van der Waals surface area contributed by atoms with Crippen molar-refractivity contribution in [3.05, 3.63) is 35.1 Å². The Hall–Kier alpha value is -1.40. The van der Waals surface area contributed by atoms with E-state index >= 15 is 0 Å². The van der Waals surface area contributed by atoms with Gasteiger partial charge in [0.15, 0.2) is 0 Å². The van der Waals surface area contributed by atoms with Crippen LogP contribution in [0.5, 0.6) is 0 Å². The largest absolute Gasteiger partial charge is 0.308 e. The Morgan fingerprint density at radius 1 is 1.41 bits per heavy atom. The maximum atomic E-state index is 13.8. The van der Waals surface area contributed by atoms with Crippen molar-refractivity contribution in [2.75, 3.05) is 0 Å². The van der Waals surface area contributed by atoms with Gasteiger partial charge in [0.05, 0.1) is 5.56 Å². The molecular weight excluding hydrogens is 215 g/mol. The zero-order chi connectivity index (χ0) is 12.9. The molecule has 0 aliphatic heterocycles. The van der Waals surface area contributed by atoms with Gasteiger partial charge < -0.3 is 5.32 Å². The predicted molar refractivity (Wildman–Crippen MR) is 66.9 cm³/mol. The molecule has 1 aromatic rings. The van der Waals surface area contributed by atoms with E-state index in [1.165, 1.54) is 6.07 Å². The van der Waals surface area contributed by atoms with Gasteiger partial charge in [-0.15, -0.1) is 0 Å². The maximum Gasteiger partial charge on any atom is 0.145 e. The van der Waals surface area contributed by atoms with Crippen molar-refractivity contribution in [2.45, 2.75) is 45.7 Å². The van der Waals surface area contributed by atoms with Crippen molar-refractivity contribution in [3.8, 4) is 6.07 Å². The van der Waals surface area contributed by atoms with Gasteiger partial charge in [0, 0.05) is 17.6 Å². The molecule has 1 N–H and O–H groups in total. The molecule has 0 heterocycles. The molecule has 3 heteroatoms. The van der Waals surface area contributed by atoms with E-state index in [1.807, 2.05) is 6.07 Å². The van der Waals surface area contributed by atoms with Gasteiger partial charge in [-0.3, -0.25) is 0 Å². The van der Waals surface area contributed by atoms with Crippen molar-refractivity contribution in [2.24, 2.45) is 0 Å². The SMILES string of the molecule is CCCC(C)(C)NCc1cccc(C#N)c1F. The fraction of sp³-hybridized carbons (Fsp3) is 0.500. The standard InChI is InChI=1S/C14H19FN2/c1-4-8-14(2,3)17-10-12-7-5-6-11(9-16)13(12)15/h5-7,17H,4,8,10H2,1-3H3. The van der Waals surface area contributed by atoms with Crippen LogP contribution in [0.25, 0.3) is 0 Å². The Labute approximate surface area is 102 Å². The average Bonchev–Trinajstić information content (AvgIpc) is 2.28. The van der Waals surface area contributed by atoms with Crippen LogP contribution in [-0.4, -0.2) is 5.54 Å². The van der Waals surface area contributed by atoms with Crippen LogP contribution in [0.4, 0.5) is 4.39 Å². The summed E-state index contributed by atoms with van der Waals surface area (Å²) in [5, 5.41) is 12.1. The molecule has 0 atom stereocenters. The zero-order valence-electron chi connectivity index (χ0n) is 10.7. The van der Waals surface area contributed by atoms with E-state index in [-0.39, 0.29) is 11.1 Å². The highest BCUT2D eigenvalue weighted by Gasteiger charge is 2.16. The number of hydrogen-bond donors (Lipinski definition) is 1. The Morgan fingerprint density at radius 2 is 2.12 bits per heavy atom. The summed E-state index contributed by atoms with van der Waals surface area (Å²) in [6.07, 6.45) is 2.12. The lowest BCUT2D eigenvalue weighted by Gasteiger charge is -2.26. The Balaban J connectivity index is 2.74. The first kappa shape index (κ1) is 13.7. The average molecular weight is 234 g/mol. The van der Waals surface area contributed by atoms with E-state index < -0.39 is 5.82 Å². The van der Waals surface area contributed by atoms with Gasteiger partial charge in [0.25, 0.3) is 0 Å². The number of benzene rings is 1. The van der Waals surface area contributed by atoms with Crippen molar-refractivity contribution in [1.82, 2.24) is 5.32 Å². The van der Waals surface area contributed by atoms with Crippen LogP contribution in [-0.2, 0) is 6.54 Å². The van der Waals surface area contributed by atoms with Crippen LogP contribution < -0.4 is 5.32 Å². The number of rotatable bonds is 5. The Kier molecular flexibility index (Phi) is 4.65. The molecule has 0 amide bonds. The quantitative estimate of drug-likeness (QED) is 0.848. The molecule has 17 heavy (non-hydrogen) atoms. The first-order valence-electron chi connectivity index (χ1n) is 5.92. The summed E-state index contributed by atoms with van der Waals surface area (Å²) in [7, 11) is 0. The molecule has 0 aromatic heterocycles. The second-order valence-electron chi connectivity index (χ2n) is 4.88. The van der Waals surface area contributed by atoms with Crippen molar-refractivity contribution < 1.29 is 4.39 Å². The van der Waals surface area contributed by atoms with Gasteiger partial charge in [-0.2, -0.15) is 5.26 Å². The fourth-order valence-electron chi connectivity index (χ4n) is 1.85. The van der Waals surface area contributed by atoms with E-state index in [4.69, 9.17) is 5.26 Å². The minimum absolute atomic E-state index is 0.0101. The summed E-state index contributed by atoms with van der Waals surface area (Å²) < 4.78 is 13.8. The topological polar surface area (TPSA) is 35.8 Å². The Morgan fingerprint density at radius 3 is 2.71 bits per heavy atom. The third-order valence-electron chi connectivity index (χ3n) is 2.83. The van der Waals surface area contributed by atoms with Crippen molar-refractivity contribution in [3.63, 3.8) is 0 Å². The third-order valence-corrected chi connectivity index (χ3v) is 2.83. The molecule has 0 saturated carbocycles. The molecule has 2 nitrogen and oxygen atoms in total. The van der Waals surface area contributed by atoms with E-state index in [0.29, 0.717) is 12.1 Å². The summed E-state index contributed by atoms with van der Waals surface area (Å²) in [6, 6.07) is 6.78. The molecular formula is C14H19FN2. The molecule has 0 unspecified atom stereocenters. The number of hydrogen-bond acceptors (Lipinski definition) is 2. The van der Waals surface area contributed by atoms with Gasteiger partial charge >= 0.3 is 0 Å². The first-order chi connectivity index (χ1) is 8.00. The monoisotopic (exact) mass is 234 g/mol. The number of nitriles is 1. The van der Waals surface area contributed by atoms with E-state index in [2.05, 4.69) is 26.1 Å². The van der Waals surface area contributed by atoms with Crippen LogP contribution in [0.1, 0.15) is 44.7 Å². The van der Waals surface area contributed by atoms with Crippen molar-refractivity contribution in [1.29, 1.82) is 5.26 Å². The zero-order valence-corrected chi connectivity index (χ0v) is 10.7. The fourth-order valence-corrected chi connectivity index (χ4v) is 1.85. The van der Waals surface area contributed by atoms with Crippen LogP contribution >= 0.6 is 0 Å². The minimum Gasteiger partial charge on any atom is -0.308 e. The lowest BCUT2D eigenvalue weighted by atomic mass is 9.98. The molecule has 0 fully saturated rings. The van der Waals surface area contributed by atoms with Crippen LogP contribution in [0, 0.1) is 17.1 Å². The highest BCUT2D eigenvalue weighted by Crippen LogP contribution is 2.15. The van der Waals surface area contributed by atoms with E-state index in [1.54, 1.807) is 12.1 Å². The minimum atomic E-state index is -0.408. The first-order valence-corrected chi connectivity index (χ1v) is 5.92. The molecule has 0 aliphatic carbocycles. The van der Waals surface area contributed by atoms with Gasteiger partial charge in [-0.05, 0) is 26.3 Å². The molecule has 0 spiro atoms. The highest BCUT2D eigenvalue weighted by molar-refractivity contribution is 5.34. The predicted octanol–water partition coefficient (Wildman–Crippen LogP) is 3.37. The summed E-state index contributed by atoms with van der Waals surface area (Å²) in [5.41, 5.74) is 0.648. The van der Waals surface area contributed by atoms with Crippen LogP contribution in [0.15, 0.2) is 18.2 Å². The normalized spacial score (nSPS) is 11.2. The number of nitrogens with zero attached hydrogens (tertiary/aromatic N) is 1. The lowest BCUT2D eigenvalue weighted by Crippen LogP contribution is -2.38. The lowest BCUT2D eigenvalue weighted by molar-refractivity contribution is 0.354. The summed E-state index contributed by atoms with van der Waals surface area (Å²) in [4.78, 5) is 0. The molecule has 92 valence electrons. The van der Waals surface area contributed by atoms with Crippen LogP contribution in [0.3, 0.4) is 0 Å². The van der Waals surface area contributed by atoms with Crippen LogP contribution in [0.2, 0.25) is 0 Å². The maximum absolute atomic E-state index is 13.8. The summed E-state index contributed by atoms with van der Waals surface area (Å²) >= 11 is 0. The summed E-state index contributed by atoms with van der Waals surface area (Å²) in [6.45, 7) is 6.78. The van der Waals surface area contributed by atoms with Gasteiger partial charge in [0.1, 0.15) is 11.9 Å². The molecule has 1 aromatic carbocycles. The smallest absolute Gasteiger partial charge is 0.145 e. The van der Waals surface area contributed by atoms with E-state index in [0.717, 1.165) is 12.8 Å². The van der Waals surface area contributed by atoms with E-state index in [9.17, 15) is 4.39 Å². The second-order valence-corrected chi connectivity index (χ2v) is 4.88. The molecule has 0 aliphatic rings. The van der Waals surface area contributed by atoms with Gasteiger partial charge in [-0.25, -0.2) is 4.39 Å². The Bertz CT molecular complexity index is 419. The number of nitrogens with one attached hydrogen (secondary N) is 1.